The first-order valence-electron chi connectivity index (χ1n) is 7.03. The molecule has 0 aliphatic heterocycles. The van der Waals surface area contributed by atoms with Crippen molar-refractivity contribution >= 4 is 16.9 Å². The Morgan fingerprint density at radius 1 is 1.25 bits per heavy atom. The van der Waals surface area contributed by atoms with Crippen LogP contribution >= 0.6 is 0 Å². The van der Waals surface area contributed by atoms with Crippen LogP contribution in [0, 0.1) is 0 Å². The van der Waals surface area contributed by atoms with E-state index in [1.807, 2.05) is 35.0 Å². The average Bonchev–Trinajstić information content (AvgIpc) is 2.86. The van der Waals surface area contributed by atoms with E-state index in [0.29, 0.717) is 6.61 Å². The first kappa shape index (κ1) is 14.4. The van der Waals surface area contributed by atoms with Crippen LogP contribution in [0.2, 0.25) is 0 Å². The van der Waals surface area contributed by atoms with E-state index in [0.717, 1.165) is 35.9 Å². The van der Waals surface area contributed by atoms with Crippen LogP contribution in [0.15, 0.2) is 30.5 Å². The standard InChI is InChI=1S/C16H21NO3/c1-3-4-5-10-20-16(18)12-17-9-8-13-11-14(19-2)6-7-15(13)17/h6-9,11H,3-5,10,12H2,1-2H3. The molecule has 4 heteroatoms. The second kappa shape index (κ2) is 6.98. The van der Waals surface area contributed by atoms with Crippen molar-refractivity contribution in [2.75, 3.05) is 13.7 Å². The molecule has 0 saturated heterocycles. The number of rotatable bonds is 7. The first-order chi connectivity index (χ1) is 9.74. The van der Waals surface area contributed by atoms with E-state index in [4.69, 9.17) is 9.47 Å². The van der Waals surface area contributed by atoms with Gasteiger partial charge in [-0.1, -0.05) is 19.8 Å². The molecule has 4 nitrogen and oxygen atoms in total. The van der Waals surface area contributed by atoms with Crippen LogP contribution in [-0.2, 0) is 16.1 Å². The van der Waals surface area contributed by atoms with Crippen LogP contribution in [0.25, 0.3) is 10.9 Å². The van der Waals surface area contributed by atoms with E-state index in [9.17, 15) is 4.79 Å². The Bertz CT molecular complexity index is 574. The molecule has 0 radical (unpaired) electrons. The number of carbonyl (C=O) groups excluding carboxylic acids is 1. The van der Waals surface area contributed by atoms with Crippen LogP contribution in [0.3, 0.4) is 0 Å². The van der Waals surface area contributed by atoms with Crippen LogP contribution in [0.5, 0.6) is 5.75 Å². The molecule has 108 valence electrons. The quantitative estimate of drug-likeness (QED) is 0.574. The van der Waals surface area contributed by atoms with Crippen molar-refractivity contribution < 1.29 is 14.3 Å². The van der Waals surface area contributed by atoms with Crippen LogP contribution in [-0.4, -0.2) is 24.3 Å². The van der Waals surface area contributed by atoms with Crippen LogP contribution in [0.4, 0.5) is 0 Å². The highest BCUT2D eigenvalue weighted by molar-refractivity contribution is 5.83. The lowest BCUT2D eigenvalue weighted by Gasteiger charge is -2.07. The maximum absolute atomic E-state index is 11.8. The largest absolute Gasteiger partial charge is 0.497 e. The van der Waals surface area contributed by atoms with E-state index in [2.05, 4.69) is 6.92 Å². The molecule has 0 saturated carbocycles. The fraction of sp³-hybridized carbons (Fsp3) is 0.438. The SMILES string of the molecule is CCCCCOC(=O)Cn1ccc2cc(OC)ccc21. The minimum absolute atomic E-state index is 0.186. The number of methoxy groups -OCH3 is 1. The zero-order valence-corrected chi connectivity index (χ0v) is 12.1. The summed E-state index contributed by atoms with van der Waals surface area (Å²) >= 11 is 0. The van der Waals surface area contributed by atoms with Crippen molar-refractivity contribution in [3.63, 3.8) is 0 Å². The minimum atomic E-state index is -0.186. The molecule has 0 aliphatic carbocycles. The lowest BCUT2D eigenvalue weighted by Crippen LogP contribution is -2.13. The predicted molar refractivity (Wildman–Crippen MR) is 79.0 cm³/mol. The molecule has 0 aliphatic rings. The summed E-state index contributed by atoms with van der Waals surface area (Å²) in [4.78, 5) is 11.8. The van der Waals surface area contributed by atoms with Gasteiger partial charge in [-0.05, 0) is 30.7 Å². The van der Waals surface area contributed by atoms with Gasteiger partial charge in [0.1, 0.15) is 12.3 Å². The zero-order chi connectivity index (χ0) is 14.4. The summed E-state index contributed by atoms with van der Waals surface area (Å²) in [5.41, 5.74) is 1.01. The highest BCUT2D eigenvalue weighted by Crippen LogP contribution is 2.21. The minimum Gasteiger partial charge on any atom is -0.497 e. The Hall–Kier alpha value is -1.97. The molecule has 0 atom stereocenters. The Morgan fingerprint density at radius 3 is 2.85 bits per heavy atom. The van der Waals surface area contributed by atoms with Crippen molar-refractivity contribution in [3.8, 4) is 5.75 Å². The van der Waals surface area contributed by atoms with Crippen molar-refractivity contribution in [2.45, 2.75) is 32.7 Å². The highest BCUT2D eigenvalue weighted by atomic mass is 16.5. The smallest absolute Gasteiger partial charge is 0.325 e. The second-order valence-electron chi connectivity index (χ2n) is 4.80. The molecular weight excluding hydrogens is 254 g/mol. The lowest BCUT2D eigenvalue weighted by molar-refractivity contribution is -0.144. The Labute approximate surface area is 119 Å². The summed E-state index contributed by atoms with van der Waals surface area (Å²) in [5.74, 6) is 0.631. The normalized spacial score (nSPS) is 10.7. The number of esters is 1. The maximum atomic E-state index is 11.8. The fourth-order valence-electron chi connectivity index (χ4n) is 2.17. The molecule has 1 aromatic heterocycles. The van der Waals surface area contributed by atoms with Gasteiger partial charge in [0.25, 0.3) is 0 Å². The topological polar surface area (TPSA) is 40.5 Å². The molecule has 2 rings (SSSR count). The van der Waals surface area contributed by atoms with E-state index < -0.39 is 0 Å². The molecular formula is C16H21NO3. The second-order valence-corrected chi connectivity index (χ2v) is 4.80. The number of ether oxygens (including phenoxy) is 2. The summed E-state index contributed by atoms with van der Waals surface area (Å²) in [6, 6.07) is 7.78. The number of benzene rings is 1. The summed E-state index contributed by atoms with van der Waals surface area (Å²) in [7, 11) is 1.64. The summed E-state index contributed by atoms with van der Waals surface area (Å²) in [5, 5.41) is 1.06. The van der Waals surface area contributed by atoms with Gasteiger partial charge in [0.15, 0.2) is 0 Å². The van der Waals surface area contributed by atoms with Gasteiger partial charge >= 0.3 is 5.97 Å². The van der Waals surface area contributed by atoms with Gasteiger partial charge in [0.05, 0.1) is 13.7 Å². The van der Waals surface area contributed by atoms with Gasteiger partial charge in [0, 0.05) is 17.1 Å². The van der Waals surface area contributed by atoms with E-state index in [1.165, 1.54) is 0 Å². The molecule has 20 heavy (non-hydrogen) atoms. The van der Waals surface area contributed by atoms with Gasteiger partial charge in [0.2, 0.25) is 0 Å². The van der Waals surface area contributed by atoms with Crippen molar-refractivity contribution in [1.82, 2.24) is 4.57 Å². The molecule has 0 unspecified atom stereocenters. The molecule has 2 aromatic rings. The van der Waals surface area contributed by atoms with Gasteiger partial charge in [-0.15, -0.1) is 0 Å². The van der Waals surface area contributed by atoms with Gasteiger partial charge in [-0.25, -0.2) is 0 Å². The monoisotopic (exact) mass is 275 g/mol. The van der Waals surface area contributed by atoms with Crippen molar-refractivity contribution in [2.24, 2.45) is 0 Å². The third-order valence-corrected chi connectivity index (χ3v) is 3.29. The number of hydrogen-bond donors (Lipinski definition) is 0. The van der Waals surface area contributed by atoms with Crippen LogP contribution < -0.4 is 4.74 Å². The van der Waals surface area contributed by atoms with Crippen molar-refractivity contribution in [1.29, 1.82) is 0 Å². The van der Waals surface area contributed by atoms with Crippen molar-refractivity contribution in [3.05, 3.63) is 30.5 Å². The number of unbranched alkanes of at least 4 members (excludes halogenated alkanes) is 2. The number of hydrogen-bond acceptors (Lipinski definition) is 3. The third-order valence-electron chi connectivity index (χ3n) is 3.29. The van der Waals surface area contributed by atoms with E-state index in [-0.39, 0.29) is 12.5 Å². The molecule has 0 fully saturated rings. The summed E-state index contributed by atoms with van der Waals surface area (Å²) in [6.45, 7) is 2.89. The Morgan fingerprint density at radius 2 is 2.10 bits per heavy atom. The van der Waals surface area contributed by atoms with E-state index in [1.54, 1.807) is 7.11 Å². The Kier molecular flexibility index (Phi) is 5.04. The maximum Gasteiger partial charge on any atom is 0.325 e. The summed E-state index contributed by atoms with van der Waals surface area (Å²) in [6.07, 6.45) is 5.06. The number of aromatic nitrogens is 1. The number of fused-ring (bicyclic) bond motifs is 1. The predicted octanol–water partition coefficient (Wildman–Crippen LogP) is 3.38. The molecule has 0 amide bonds. The molecule has 1 heterocycles. The van der Waals surface area contributed by atoms with Crippen LogP contribution in [0.1, 0.15) is 26.2 Å². The first-order valence-corrected chi connectivity index (χ1v) is 7.03. The molecule has 1 aromatic carbocycles. The van der Waals surface area contributed by atoms with Gasteiger partial charge in [-0.3, -0.25) is 4.79 Å². The van der Waals surface area contributed by atoms with Gasteiger partial charge in [-0.2, -0.15) is 0 Å². The average molecular weight is 275 g/mol. The van der Waals surface area contributed by atoms with E-state index >= 15 is 0 Å². The number of carbonyl (C=O) groups is 1. The zero-order valence-electron chi connectivity index (χ0n) is 12.1. The third kappa shape index (κ3) is 3.53. The molecule has 0 bridgehead atoms. The lowest BCUT2D eigenvalue weighted by atomic mass is 10.2. The summed E-state index contributed by atoms with van der Waals surface area (Å²) < 4.78 is 12.3. The Balaban J connectivity index is 1.97. The molecule has 0 N–H and O–H groups in total. The fourth-order valence-corrected chi connectivity index (χ4v) is 2.17. The highest BCUT2D eigenvalue weighted by Gasteiger charge is 2.07. The van der Waals surface area contributed by atoms with Gasteiger partial charge < -0.3 is 14.0 Å². The number of nitrogens with zero attached hydrogens (tertiary/aromatic N) is 1. The molecule has 0 spiro atoms.